The summed E-state index contributed by atoms with van der Waals surface area (Å²) in [6, 6.07) is 12.2. The van der Waals surface area contributed by atoms with E-state index in [0.29, 0.717) is 31.1 Å². The van der Waals surface area contributed by atoms with Gasteiger partial charge in [-0.15, -0.1) is 0 Å². The summed E-state index contributed by atoms with van der Waals surface area (Å²) >= 11 is 0. The number of hydrogen-bond acceptors (Lipinski definition) is 7. The molecule has 1 aliphatic heterocycles. The number of nitrogens with one attached hydrogen (secondary N) is 1. The Kier molecular flexibility index (Phi) is 6.02. The Hall–Kier alpha value is -3.22. The third-order valence-electron chi connectivity index (χ3n) is 5.27. The van der Waals surface area contributed by atoms with Crippen LogP contribution in [-0.4, -0.2) is 35.8 Å². The predicted molar refractivity (Wildman–Crippen MR) is 115 cm³/mol. The minimum atomic E-state index is -3.53. The molecule has 1 aromatic carbocycles. The normalized spacial score (nSPS) is 17.2. The number of piperidine rings is 1. The maximum atomic E-state index is 12.9. The molecule has 1 N–H and O–H groups in total. The van der Waals surface area contributed by atoms with Crippen LogP contribution in [0, 0.1) is 17.2 Å². The molecule has 4 rings (SSSR count). The molecule has 0 saturated carbocycles. The third kappa shape index (κ3) is 4.60. The lowest BCUT2D eigenvalue weighted by atomic mass is 10.0. The van der Waals surface area contributed by atoms with Crippen LogP contribution in [0.4, 0.5) is 5.88 Å². The Morgan fingerprint density at radius 1 is 1.29 bits per heavy atom. The molecule has 0 amide bonds. The zero-order chi connectivity index (χ0) is 21.8. The summed E-state index contributed by atoms with van der Waals surface area (Å²) in [5.41, 5.74) is 1.67. The molecule has 9 heteroatoms. The van der Waals surface area contributed by atoms with Gasteiger partial charge in [-0.05, 0) is 54.7 Å². The minimum absolute atomic E-state index is 0.137. The van der Waals surface area contributed by atoms with Gasteiger partial charge in [-0.1, -0.05) is 13.0 Å². The molecule has 0 radical (unpaired) electrons. The van der Waals surface area contributed by atoms with Crippen molar-refractivity contribution in [3.05, 3.63) is 60.0 Å². The monoisotopic (exact) mass is 437 g/mol. The van der Waals surface area contributed by atoms with E-state index in [4.69, 9.17) is 4.42 Å². The lowest BCUT2D eigenvalue weighted by Gasteiger charge is -2.30. The second kappa shape index (κ2) is 8.88. The van der Waals surface area contributed by atoms with Gasteiger partial charge in [0.25, 0.3) is 0 Å². The van der Waals surface area contributed by atoms with E-state index in [9.17, 15) is 13.7 Å². The van der Waals surface area contributed by atoms with Crippen molar-refractivity contribution in [3.8, 4) is 17.5 Å². The van der Waals surface area contributed by atoms with Gasteiger partial charge in [0.05, 0.1) is 4.90 Å². The topological polar surface area (TPSA) is 112 Å². The standard InChI is InChI=1S/C22H23N5O3S/c1-16-4-3-11-27(15-16)31(28,29)19-8-6-18(7-9-19)21-26-20(12-23)22(30-21)25-14-17-5-2-10-24-13-17/h2,5-10,13,16,25H,3-4,11,14-15H2,1H3. The van der Waals surface area contributed by atoms with Crippen LogP contribution in [0.15, 0.2) is 58.1 Å². The average molecular weight is 438 g/mol. The van der Waals surface area contributed by atoms with Crippen molar-refractivity contribution >= 4 is 15.9 Å². The number of sulfonamides is 1. The molecule has 0 bridgehead atoms. The summed E-state index contributed by atoms with van der Waals surface area (Å²) in [7, 11) is -3.53. The fourth-order valence-corrected chi connectivity index (χ4v) is 5.21. The maximum Gasteiger partial charge on any atom is 0.243 e. The Morgan fingerprint density at radius 2 is 2.10 bits per heavy atom. The van der Waals surface area contributed by atoms with E-state index in [1.54, 1.807) is 41.0 Å². The number of nitriles is 1. The van der Waals surface area contributed by atoms with Crippen molar-refractivity contribution in [2.75, 3.05) is 18.4 Å². The Bertz CT molecular complexity index is 1180. The Morgan fingerprint density at radius 3 is 2.77 bits per heavy atom. The number of nitrogens with zero attached hydrogens (tertiary/aromatic N) is 4. The van der Waals surface area contributed by atoms with Crippen LogP contribution in [0.5, 0.6) is 0 Å². The second-order valence-corrected chi connectivity index (χ2v) is 9.60. The minimum Gasteiger partial charge on any atom is -0.419 e. The molecule has 1 atom stereocenters. The van der Waals surface area contributed by atoms with Gasteiger partial charge in [0.2, 0.25) is 27.5 Å². The van der Waals surface area contributed by atoms with Crippen molar-refractivity contribution in [3.63, 3.8) is 0 Å². The van der Waals surface area contributed by atoms with Gasteiger partial charge in [0.15, 0.2) is 0 Å². The van der Waals surface area contributed by atoms with Crippen molar-refractivity contribution in [1.29, 1.82) is 5.26 Å². The number of aromatic nitrogens is 2. The van der Waals surface area contributed by atoms with E-state index in [1.165, 1.54) is 0 Å². The number of hydrogen-bond donors (Lipinski definition) is 1. The molecule has 1 unspecified atom stereocenters. The molecular weight excluding hydrogens is 414 g/mol. The van der Waals surface area contributed by atoms with Gasteiger partial charge in [0, 0.05) is 37.6 Å². The zero-order valence-corrected chi connectivity index (χ0v) is 18.0. The highest BCUT2D eigenvalue weighted by atomic mass is 32.2. The summed E-state index contributed by atoms with van der Waals surface area (Å²) in [5, 5.41) is 12.4. The largest absolute Gasteiger partial charge is 0.419 e. The lowest BCUT2D eigenvalue weighted by Crippen LogP contribution is -2.39. The molecular formula is C22H23N5O3S. The van der Waals surface area contributed by atoms with E-state index in [0.717, 1.165) is 18.4 Å². The van der Waals surface area contributed by atoms with Crippen LogP contribution in [0.25, 0.3) is 11.5 Å². The SMILES string of the molecule is CC1CCCN(S(=O)(=O)c2ccc(-c3nc(C#N)c(NCc4cccnc4)o3)cc2)C1. The van der Waals surface area contributed by atoms with Crippen LogP contribution >= 0.6 is 0 Å². The molecule has 0 spiro atoms. The molecule has 1 fully saturated rings. The molecule has 2 aromatic heterocycles. The highest BCUT2D eigenvalue weighted by molar-refractivity contribution is 7.89. The second-order valence-electron chi connectivity index (χ2n) is 7.66. The number of anilines is 1. The molecule has 31 heavy (non-hydrogen) atoms. The molecule has 1 aliphatic rings. The van der Waals surface area contributed by atoms with E-state index >= 15 is 0 Å². The zero-order valence-electron chi connectivity index (χ0n) is 17.2. The van der Waals surface area contributed by atoms with Crippen molar-refractivity contribution < 1.29 is 12.8 Å². The highest BCUT2D eigenvalue weighted by Gasteiger charge is 2.28. The summed E-state index contributed by atoms with van der Waals surface area (Å²) < 4.78 is 33.2. The summed E-state index contributed by atoms with van der Waals surface area (Å²) in [6.45, 7) is 3.59. The molecule has 3 aromatic rings. The fraction of sp³-hybridized carbons (Fsp3) is 0.318. The summed E-state index contributed by atoms with van der Waals surface area (Å²) in [4.78, 5) is 8.53. The van der Waals surface area contributed by atoms with E-state index in [1.807, 2.05) is 18.2 Å². The Balaban J connectivity index is 1.52. The highest BCUT2D eigenvalue weighted by Crippen LogP contribution is 2.28. The molecule has 160 valence electrons. The molecule has 0 aliphatic carbocycles. The molecule has 8 nitrogen and oxygen atoms in total. The van der Waals surface area contributed by atoms with E-state index < -0.39 is 10.0 Å². The summed E-state index contributed by atoms with van der Waals surface area (Å²) in [5.74, 6) is 0.873. The fourth-order valence-electron chi connectivity index (χ4n) is 3.61. The van der Waals surface area contributed by atoms with Gasteiger partial charge < -0.3 is 9.73 Å². The van der Waals surface area contributed by atoms with Gasteiger partial charge in [-0.2, -0.15) is 14.6 Å². The van der Waals surface area contributed by atoms with Crippen molar-refractivity contribution in [1.82, 2.24) is 14.3 Å². The van der Waals surface area contributed by atoms with Crippen LogP contribution in [0.2, 0.25) is 0 Å². The molecule has 1 saturated heterocycles. The van der Waals surface area contributed by atoms with Crippen LogP contribution in [-0.2, 0) is 16.6 Å². The quantitative estimate of drug-likeness (QED) is 0.626. The first-order valence-corrected chi connectivity index (χ1v) is 11.6. The first-order chi connectivity index (χ1) is 15.0. The van der Waals surface area contributed by atoms with Crippen molar-refractivity contribution in [2.24, 2.45) is 5.92 Å². The first-order valence-electron chi connectivity index (χ1n) is 10.1. The third-order valence-corrected chi connectivity index (χ3v) is 7.15. The van der Waals surface area contributed by atoms with Crippen LogP contribution in [0.1, 0.15) is 31.0 Å². The number of pyridine rings is 1. The van der Waals surface area contributed by atoms with Crippen molar-refractivity contribution in [2.45, 2.75) is 31.2 Å². The van der Waals surface area contributed by atoms with E-state index in [2.05, 4.69) is 22.2 Å². The van der Waals surface area contributed by atoms with E-state index in [-0.39, 0.29) is 22.4 Å². The molecule has 3 heterocycles. The first kappa shape index (κ1) is 21.0. The summed E-state index contributed by atoms with van der Waals surface area (Å²) in [6.07, 6.45) is 5.33. The smallest absolute Gasteiger partial charge is 0.243 e. The van der Waals surface area contributed by atoms with Crippen LogP contribution < -0.4 is 5.32 Å². The Labute approximate surface area is 181 Å². The average Bonchev–Trinajstić information content (AvgIpc) is 3.22. The van der Waals surface area contributed by atoms with Gasteiger partial charge in [-0.3, -0.25) is 4.98 Å². The van der Waals surface area contributed by atoms with Gasteiger partial charge >= 0.3 is 0 Å². The number of rotatable bonds is 6. The lowest BCUT2D eigenvalue weighted by molar-refractivity contribution is 0.281. The van der Waals surface area contributed by atoms with Gasteiger partial charge in [0.1, 0.15) is 6.07 Å². The predicted octanol–water partition coefficient (Wildman–Crippen LogP) is 3.64. The number of benzene rings is 1. The van der Waals surface area contributed by atoms with Gasteiger partial charge in [-0.25, -0.2) is 8.42 Å². The maximum absolute atomic E-state index is 12.9. The number of oxazole rings is 1. The van der Waals surface area contributed by atoms with Crippen LogP contribution in [0.3, 0.4) is 0 Å².